The lowest BCUT2D eigenvalue weighted by Crippen LogP contribution is -2.51. The molecule has 2 heterocycles. The Bertz CT molecular complexity index is 493. The number of aromatic nitrogens is 1. The Morgan fingerprint density at radius 1 is 1.38 bits per heavy atom. The van der Waals surface area contributed by atoms with Gasteiger partial charge < -0.3 is 10.1 Å². The average Bonchev–Trinajstić information content (AvgIpc) is 2.93. The molecule has 1 aliphatic rings. The number of esters is 1. The molecule has 0 amide bonds. The van der Waals surface area contributed by atoms with Crippen molar-refractivity contribution in [1.29, 1.82) is 0 Å². The molecule has 118 valence electrons. The SMILES string of the molecule is CCOC(=O)c1sc(C(C)(C)N2CCNCC2)nc1CC. The van der Waals surface area contributed by atoms with E-state index >= 15 is 0 Å². The molecule has 1 N–H and O–H groups in total. The van der Waals surface area contributed by atoms with Crippen LogP contribution in [-0.2, 0) is 16.7 Å². The summed E-state index contributed by atoms with van der Waals surface area (Å²) in [6, 6.07) is 0. The van der Waals surface area contributed by atoms with Gasteiger partial charge >= 0.3 is 5.97 Å². The second-order valence-corrected chi connectivity index (χ2v) is 6.66. The van der Waals surface area contributed by atoms with E-state index in [1.54, 1.807) is 0 Å². The topological polar surface area (TPSA) is 54.5 Å². The van der Waals surface area contributed by atoms with E-state index in [0.717, 1.165) is 43.3 Å². The number of hydrogen-bond acceptors (Lipinski definition) is 6. The first-order chi connectivity index (χ1) is 10.0. The minimum absolute atomic E-state index is 0.151. The van der Waals surface area contributed by atoms with Gasteiger partial charge in [-0.3, -0.25) is 4.90 Å². The first-order valence-corrected chi connectivity index (χ1v) is 8.45. The zero-order chi connectivity index (χ0) is 15.5. The van der Waals surface area contributed by atoms with Gasteiger partial charge in [-0.1, -0.05) is 6.92 Å². The summed E-state index contributed by atoms with van der Waals surface area (Å²) in [5.41, 5.74) is 0.707. The molecule has 21 heavy (non-hydrogen) atoms. The van der Waals surface area contributed by atoms with E-state index in [1.807, 2.05) is 13.8 Å². The summed E-state index contributed by atoms with van der Waals surface area (Å²) < 4.78 is 5.15. The molecule has 2 rings (SSSR count). The molecule has 1 aliphatic heterocycles. The second-order valence-electron chi connectivity index (χ2n) is 5.66. The summed E-state index contributed by atoms with van der Waals surface area (Å²) >= 11 is 1.49. The van der Waals surface area contributed by atoms with E-state index in [0.29, 0.717) is 11.5 Å². The summed E-state index contributed by atoms with van der Waals surface area (Å²) in [5, 5.41) is 4.37. The van der Waals surface area contributed by atoms with Gasteiger partial charge in [-0.15, -0.1) is 11.3 Å². The van der Waals surface area contributed by atoms with Crippen LogP contribution in [0.1, 0.15) is 48.1 Å². The molecule has 0 unspecified atom stereocenters. The molecular formula is C15H25N3O2S. The highest BCUT2D eigenvalue weighted by Crippen LogP contribution is 2.33. The fraction of sp³-hybridized carbons (Fsp3) is 0.733. The molecule has 0 spiro atoms. The zero-order valence-electron chi connectivity index (χ0n) is 13.4. The highest BCUT2D eigenvalue weighted by atomic mass is 32.1. The number of piperazine rings is 1. The number of rotatable bonds is 5. The van der Waals surface area contributed by atoms with Crippen molar-refractivity contribution in [1.82, 2.24) is 15.2 Å². The third kappa shape index (κ3) is 3.44. The van der Waals surface area contributed by atoms with Crippen molar-refractivity contribution < 1.29 is 9.53 Å². The van der Waals surface area contributed by atoms with Crippen LogP contribution in [0.2, 0.25) is 0 Å². The van der Waals surface area contributed by atoms with Crippen LogP contribution in [0.15, 0.2) is 0 Å². The molecule has 5 nitrogen and oxygen atoms in total. The molecule has 0 aliphatic carbocycles. The predicted molar refractivity (Wildman–Crippen MR) is 84.9 cm³/mol. The molecular weight excluding hydrogens is 286 g/mol. The second kappa shape index (κ2) is 6.85. The highest BCUT2D eigenvalue weighted by Gasteiger charge is 2.34. The number of aryl methyl sites for hydroxylation is 1. The van der Waals surface area contributed by atoms with Gasteiger partial charge in [-0.2, -0.15) is 0 Å². The van der Waals surface area contributed by atoms with Crippen LogP contribution in [0.25, 0.3) is 0 Å². The molecule has 0 bridgehead atoms. The van der Waals surface area contributed by atoms with Gasteiger partial charge in [0.15, 0.2) is 0 Å². The third-order valence-corrected chi connectivity index (χ3v) is 5.31. The molecule has 0 atom stereocenters. The molecule has 1 fully saturated rings. The van der Waals surface area contributed by atoms with E-state index in [2.05, 4.69) is 24.1 Å². The smallest absolute Gasteiger partial charge is 0.350 e. The van der Waals surface area contributed by atoms with Gasteiger partial charge in [0, 0.05) is 26.2 Å². The maximum absolute atomic E-state index is 12.1. The standard InChI is InChI=1S/C15H25N3O2S/c1-5-11-12(13(19)20-6-2)21-14(17-11)15(3,4)18-9-7-16-8-10-18/h16H,5-10H2,1-4H3. The van der Waals surface area contributed by atoms with Gasteiger partial charge in [0.05, 0.1) is 17.8 Å². The third-order valence-electron chi connectivity index (χ3n) is 3.92. The Hall–Kier alpha value is -0.980. The van der Waals surface area contributed by atoms with Crippen molar-refractivity contribution in [3.63, 3.8) is 0 Å². The van der Waals surface area contributed by atoms with Gasteiger partial charge in [0.1, 0.15) is 9.88 Å². The fourth-order valence-electron chi connectivity index (χ4n) is 2.57. The number of hydrogen-bond donors (Lipinski definition) is 1. The number of ether oxygens (including phenoxy) is 1. The van der Waals surface area contributed by atoms with Crippen LogP contribution in [0.3, 0.4) is 0 Å². The summed E-state index contributed by atoms with van der Waals surface area (Å²) in [6.45, 7) is 12.6. The molecule has 1 aromatic rings. The number of thiazole rings is 1. The lowest BCUT2D eigenvalue weighted by molar-refractivity contribution is 0.0530. The van der Waals surface area contributed by atoms with Crippen LogP contribution in [-0.4, -0.2) is 48.6 Å². The predicted octanol–water partition coefficient (Wildman–Crippen LogP) is 2.02. The summed E-state index contributed by atoms with van der Waals surface area (Å²) in [7, 11) is 0. The Morgan fingerprint density at radius 2 is 2.05 bits per heavy atom. The summed E-state index contributed by atoms with van der Waals surface area (Å²) in [6.07, 6.45) is 0.752. The largest absolute Gasteiger partial charge is 0.462 e. The Morgan fingerprint density at radius 3 is 2.62 bits per heavy atom. The minimum Gasteiger partial charge on any atom is -0.462 e. The Kier molecular flexibility index (Phi) is 5.35. The van der Waals surface area contributed by atoms with Crippen LogP contribution in [0.5, 0.6) is 0 Å². The lowest BCUT2D eigenvalue weighted by atomic mass is 10.0. The van der Waals surface area contributed by atoms with Crippen LogP contribution in [0.4, 0.5) is 0 Å². The van der Waals surface area contributed by atoms with E-state index in [1.165, 1.54) is 11.3 Å². The Balaban J connectivity index is 2.28. The van der Waals surface area contributed by atoms with E-state index < -0.39 is 0 Å². The first kappa shape index (κ1) is 16.4. The van der Waals surface area contributed by atoms with E-state index in [9.17, 15) is 4.79 Å². The van der Waals surface area contributed by atoms with Crippen molar-refractivity contribution >= 4 is 17.3 Å². The highest BCUT2D eigenvalue weighted by molar-refractivity contribution is 7.13. The summed E-state index contributed by atoms with van der Waals surface area (Å²) in [5.74, 6) is -0.241. The minimum atomic E-state index is -0.241. The molecule has 1 aromatic heterocycles. The van der Waals surface area contributed by atoms with Gasteiger partial charge in [-0.05, 0) is 27.2 Å². The van der Waals surface area contributed by atoms with Gasteiger partial charge in [-0.25, -0.2) is 9.78 Å². The molecule has 0 aromatic carbocycles. The van der Waals surface area contributed by atoms with E-state index in [4.69, 9.17) is 9.72 Å². The fourth-order valence-corrected chi connectivity index (χ4v) is 3.75. The lowest BCUT2D eigenvalue weighted by Gasteiger charge is -2.39. The van der Waals surface area contributed by atoms with Crippen molar-refractivity contribution in [2.75, 3.05) is 32.8 Å². The van der Waals surface area contributed by atoms with Crippen molar-refractivity contribution in [2.45, 2.75) is 39.7 Å². The maximum atomic E-state index is 12.1. The van der Waals surface area contributed by atoms with E-state index in [-0.39, 0.29) is 11.5 Å². The number of nitrogens with zero attached hydrogens (tertiary/aromatic N) is 2. The normalized spacial score (nSPS) is 17.0. The summed E-state index contributed by atoms with van der Waals surface area (Å²) in [4.78, 5) is 19.9. The van der Waals surface area contributed by atoms with Crippen LogP contribution in [0, 0.1) is 0 Å². The number of carbonyl (C=O) groups excluding carboxylic acids is 1. The molecule has 0 radical (unpaired) electrons. The van der Waals surface area contributed by atoms with Crippen LogP contribution >= 0.6 is 11.3 Å². The van der Waals surface area contributed by atoms with Crippen molar-refractivity contribution in [3.05, 3.63) is 15.6 Å². The first-order valence-electron chi connectivity index (χ1n) is 7.63. The zero-order valence-corrected chi connectivity index (χ0v) is 14.2. The molecule has 1 saturated heterocycles. The van der Waals surface area contributed by atoms with Gasteiger partial charge in [0.25, 0.3) is 0 Å². The number of carbonyl (C=O) groups is 1. The quantitative estimate of drug-likeness (QED) is 0.843. The van der Waals surface area contributed by atoms with Crippen LogP contribution < -0.4 is 5.32 Å². The van der Waals surface area contributed by atoms with Crippen molar-refractivity contribution in [2.24, 2.45) is 0 Å². The van der Waals surface area contributed by atoms with Gasteiger partial charge in [0.2, 0.25) is 0 Å². The molecule has 6 heteroatoms. The monoisotopic (exact) mass is 311 g/mol. The maximum Gasteiger partial charge on any atom is 0.350 e. The molecule has 0 saturated carbocycles. The number of nitrogens with one attached hydrogen (secondary N) is 1. The van der Waals surface area contributed by atoms with Crippen molar-refractivity contribution in [3.8, 4) is 0 Å². The average molecular weight is 311 g/mol. The Labute approximate surface area is 130 Å².